The van der Waals surface area contributed by atoms with Crippen molar-refractivity contribution in [2.45, 2.75) is 40.7 Å². The van der Waals surface area contributed by atoms with Gasteiger partial charge in [0.2, 0.25) is 0 Å². The largest absolute Gasteiger partial charge is 0.298 e. The summed E-state index contributed by atoms with van der Waals surface area (Å²) in [4.78, 5) is 22.6. The molecular formula is C16H19N3OS. The Bertz CT molecular complexity index is 876. The van der Waals surface area contributed by atoms with E-state index in [0.717, 1.165) is 40.0 Å². The van der Waals surface area contributed by atoms with Gasteiger partial charge in [0.25, 0.3) is 5.56 Å². The predicted octanol–water partition coefficient (Wildman–Crippen LogP) is 3.67. The summed E-state index contributed by atoms with van der Waals surface area (Å²) in [5, 5.41) is 0.992. The molecule has 0 fully saturated rings. The van der Waals surface area contributed by atoms with E-state index in [9.17, 15) is 4.79 Å². The summed E-state index contributed by atoms with van der Waals surface area (Å²) >= 11 is 1.45. The lowest BCUT2D eigenvalue weighted by Crippen LogP contribution is -2.20. The lowest BCUT2D eigenvalue weighted by atomic mass is 10.1. The van der Waals surface area contributed by atoms with Crippen molar-refractivity contribution in [3.63, 3.8) is 0 Å². The van der Waals surface area contributed by atoms with Gasteiger partial charge in [0.15, 0.2) is 0 Å². The Hall–Kier alpha value is -1.75. The molecule has 110 valence electrons. The van der Waals surface area contributed by atoms with Crippen LogP contribution >= 0.6 is 11.3 Å². The van der Waals surface area contributed by atoms with Crippen LogP contribution in [0.3, 0.4) is 0 Å². The lowest BCUT2D eigenvalue weighted by molar-refractivity contribution is 0.506. The van der Waals surface area contributed by atoms with Crippen LogP contribution in [-0.4, -0.2) is 14.5 Å². The van der Waals surface area contributed by atoms with Crippen molar-refractivity contribution >= 4 is 31.8 Å². The van der Waals surface area contributed by atoms with E-state index >= 15 is 0 Å². The van der Waals surface area contributed by atoms with Crippen LogP contribution in [0.2, 0.25) is 0 Å². The van der Waals surface area contributed by atoms with Gasteiger partial charge in [-0.3, -0.25) is 9.36 Å². The molecule has 0 amide bonds. The Balaban J connectivity index is 2.20. The van der Waals surface area contributed by atoms with Crippen LogP contribution in [0.1, 0.15) is 31.5 Å². The second-order valence-corrected chi connectivity index (χ2v) is 6.95. The van der Waals surface area contributed by atoms with Crippen LogP contribution in [0.4, 0.5) is 0 Å². The number of aromatic nitrogens is 3. The number of fused-ring (bicyclic) bond motifs is 3. The highest BCUT2D eigenvalue weighted by Crippen LogP contribution is 2.30. The molecular weight excluding hydrogens is 282 g/mol. The molecule has 0 saturated heterocycles. The van der Waals surface area contributed by atoms with Crippen LogP contribution in [0.15, 0.2) is 17.2 Å². The summed E-state index contributed by atoms with van der Waals surface area (Å²) in [7, 11) is 0. The second-order valence-electron chi connectivity index (χ2n) is 5.95. The van der Waals surface area contributed by atoms with Crippen molar-refractivity contribution in [3.8, 4) is 0 Å². The Labute approximate surface area is 127 Å². The van der Waals surface area contributed by atoms with Crippen molar-refractivity contribution in [2.24, 2.45) is 5.92 Å². The molecule has 0 spiro atoms. The molecule has 0 N–H and O–H groups in total. The molecule has 4 nitrogen and oxygen atoms in total. The van der Waals surface area contributed by atoms with Crippen molar-refractivity contribution in [3.05, 3.63) is 34.0 Å². The zero-order valence-corrected chi connectivity index (χ0v) is 13.6. The Morgan fingerprint density at radius 2 is 2.10 bits per heavy atom. The molecule has 0 aliphatic rings. The normalized spacial score (nSPS) is 11.9. The maximum atomic E-state index is 12.6. The van der Waals surface area contributed by atoms with Crippen LogP contribution in [0.5, 0.6) is 0 Å². The Kier molecular flexibility index (Phi) is 3.53. The molecule has 0 aliphatic heterocycles. The number of hydrogen-bond donors (Lipinski definition) is 0. The molecule has 3 rings (SSSR count). The number of pyridine rings is 1. The molecule has 3 aromatic heterocycles. The lowest BCUT2D eigenvalue weighted by Gasteiger charge is -2.07. The quantitative estimate of drug-likeness (QED) is 0.741. The molecule has 3 aromatic rings. The van der Waals surface area contributed by atoms with Gasteiger partial charge in [-0.25, -0.2) is 9.97 Å². The minimum atomic E-state index is 0.0546. The minimum Gasteiger partial charge on any atom is -0.298 e. The van der Waals surface area contributed by atoms with Gasteiger partial charge < -0.3 is 0 Å². The first kappa shape index (κ1) is 14.2. The number of thiophene rings is 1. The average molecular weight is 301 g/mol. The van der Waals surface area contributed by atoms with E-state index in [1.807, 2.05) is 13.8 Å². The maximum absolute atomic E-state index is 12.6. The molecule has 3 heterocycles. The van der Waals surface area contributed by atoms with Gasteiger partial charge in [-0.15, -0.1) is 11.3 Å². The Morgan fingerprint density at radius 1 is 1.33 bits per heavy atom. The van der Waals surface area contributed by atoms with E-state index in [1.165, 1.54) is 11.3 Å². The smallest absolute Gasteiger partial charge is 0.271 e. The summed E-state index contributed by atoms with van der Waals surface area (Å²) in [5.41, 5.74) is 2.98. The molecule has 0 bridgehead atoms. The first-order valence-electron chi connectivity index (χ1n) is 7.23. The zero-order chi connectivity index (χ0) is 15.1. The number of nitrogens with zero attached hydrogens (tertiary/aromatic N) is 3. The fourth-order valence-corrected chi connectivity index (χ4v) is 3.44. The van der Waals surface area contributed by atoms with Crippen LogP contribution in [0, 0.1) is 19.8 Å². The summed E-state index contributed by atoms with van der Waals surface area (Å²) in [6, 6.07) is 2.08. The van der Waals surface area contributed by atoms with Crippen molar-refractivity contribution in [2.75, 3.05) is 0 Å². The summed E-state index contributed by atoms with van der Waals surface area (Å²) in [6.07, 6.45) is 2.66. The molecule has 0 aromatic carbocycles. The van der Waals surface area contributed by atoms with Crippen molar-refractivity contribution < 1.29 is 0 Å². The highest BCUT2D eigenvalue weighted by molar-refractivity contribution is 7.25. The van der Waals surface area contributed by atoms with Crippen LogP contribution in [-0.2, 0) is 6.54 Å². The van der Waals surface area contributed by atoms with Gasteiger partial charge in [-0.1, -0.05) is 13.8 Å². The van der Waals surface area contributed by atoms with E-state index in [0.29, 0.717) is 10.6 Å². The van der Waals surface area contributed by atoms with Crippen LogP contribution < -0.4 is 5.56 Å². The number of rotatable bonds is 3. The van der Waals surface area contributed by atoms with Gasteiger partial charge in [0.05, 0.1) is 11.8 Å². The van der Waals surface area contributed by atoms with Gasteiger partial charge in [0, 0.05) is 17.6 Å². The molecule has 0 atom stereocenters. The SMILES string of the molecule is Cc1cc2c(nc1C)sc1c(=O)n(CCC(C)C)cnc12. The van der Waals surface area contributed by atoms with E-state index in [2.05, 4.69) is 29.9 Å². The van der Waals surface area contributed by atoms with Gasteiger partial charge in [0.1, 0.15) is 9.53 Å². The third kappa shape index (κ3) is 2.46. The van der Waals surface area contributed by atoms with Crippen LogP contribution in [0.25, 0.3) is 20.4 Å². The van der Waals surface area contributed by atoms with E-state index < -0.39 is 0 Å². The third-order valence-electron chi connectivity index (χ3n) is 3.83. The maximum Gasteiger partial charge on any atom is 0.271 e. The molecule has 0 aliphatic carbocycles. The van der Waals surface area contributed by atoms with Gasteiger partial charge in [-0.2, -0.15) is 0 Å². The van der Waals surface area contributed by atoms with Gasteiger partial charge in [-0.05, 0) is 37.8 Å². The molecule has 0 radical (unpaired) electrons. The summed E-state index contributed by atoms with van der Waals surface area (Å²) in [5.74, 6) is 0.571. The van der Waals surface area contributed by atoms with Crippen molar-refractivity contribution in [1.82, 2.24) is 14.5 Å². The average Bonchev–Trinajstić information content (AvgIpc) is 2.77. The first-order chi connectivity index (χ1) is 9.97. The monoisotopic (exact) mass is 301 g/mol. The molecule has 5 heteroatoms. The number of hydrogen-bond acceptors (Lipinski definition) is 4. The molecule has 21 heavy (non-hydrogen) atoms. The first-order valence-corrected chi connectivity index (χ1v) is 8.05. The predicted molar refractivity (Wildman–Crippen MR) is 88.1 cm³/mol. The summed E-state index contributed by atoms with van der Waals surface area (Å²) < 4.78 is 2.44. The Morgan fingerprint density at radius 3 is 2.81 bits per heavy atom. The zero-order valence-electron chi connectivity index (χ0n) is 12.8. The highest BCUT2D eigenvalue weighted by Gasteiger charge is 2.13. The summed E-state index contributed by atoms with van der Waals surface area (Å²) in [6.45, 7) is 9.07. The fraction of sp³-hybridized carbons (Fsp3) is 0.438. The molecule has 0 saturated carbocycles. The molecule has 0 unspecified atom stereocenters. The minimum absolute atomic E-state index is 0.0546. The fourth-order valence-electron chi connectivity index (χ4n) is 2.34. The third-order valence-corrected chi connectivity index (χ3v) is 4.91. The van der Waals surface area contributed by atoms with E-state index in [4.69, 9.17) is 0 Å². The van der Waals surface area contributed by atoms with Crippen molar-refractivity contribution in [1.29, 1.82) is 0 Å². The van der Waals surface area contributed by atoms with E-state index in [-0.39, 0.29) is 5.56 Å². The standard InChI is InChI=1S/C16H19N3OS/c1-9(2)5-6-19-8-17-13-12-7-10(3)11(4)18-15(12)21-14(13)16(19)20/h7-9H,5-6H2,1-4H3. The second kappa shape index (κ2) is 5.22. The topological polar surface area (TPSA) is 47.8 Å². The van der Waals surface area contributed by atoms with Gasteiger partial charge >= 0.3 is 0 Å². The highest BCUT2D eigenvalue weighted by atomic mass is 32.1. The van der Waals surface area contributed by atoms with E-state index in [1.54, 1.807) is 10.9 Å². The number of aryl methyl sites for hydroxylation is 3.